The summed E-state index contributed by atoms with van der Waals surface area (Å²) in [6.45, 7) is 0. The van der Waals surface area contributed by atoms with Crippen LogP contribution in [-0.2, 0) is 0 Å². The molecule has 0 radical (unpaired) electrons. The Morgan fingerprint density at radius 1 is 0.385 bits per heavy atom. The molecule has 9 aromatic rings. The number of nitrogens with zero attached hydrogens (tertiary/aromatic N) is 1. The fraction of sp³-hybridized carbons (Fsp3) is 0. The van der Waals surface area contributed by atoms with Crippen molar-refractivity contribution in [1.82, 2.24) is 4.57 Å². The first kappa shape index (κ1) is 21.5. The molecule has 3 aromatic heterocycles. The Morgan fingerprint density at radius 2 is 0.897 bits per heavy atom. The third kappa shape index (κ3) is 3.00. The molecule has 0 fully saturated rings. The first-order valence-corrected chi connectivity index (χ1v) is 14.8. The van der Waals surface area contributed by atoms with Gasteiger partial charge in [-0.15, -0.1) is 22.7 Å². The molecule has 0 spiro atoms. The van der Waals surface area contributed by atoms with Crippen molar-refractivity contribution in [3.63, 3.8) is 0 Å². The molecule has 0 aliphatic carbocycles. The van der Waals surface area contributed by atoms with Crippen molar-refractivity contribution in [2.75, 3.05) is 0 Å². The topological polar surface area (TPSA) is 4.93 Å². The van der Waals surface area contributed by atoms with Gasteiger partial charge in [-0.05, 0) is 59.7 Å². The molecule has 3 heteroatoms. The maximum atomic E-state index is 2.42. The molecule has 182 valence electrons. The van der Waals surface area contributed by atoms with Crippen molar-refractivity contribution >= 4 is 84.8 Å². The molecule has 39 heavy (non-hydrogen) atoms. The van der Waals surface area contributed by atoms with E-state index >= 15 is 0 Å². The molecule has 6 aromatic carbocycles. The molecule has 0 saturated carbocycles. The number of rotatable bonds is 2. The van der Waals surface area contributed by atoms with Crippen molar-refractivity contribution in [2.24, 2.45) is 0 Å². The van der Waals surface area contributed by atoms with Gasteiger partial charge >= 0.3 is 0 Å². The Balaban J connectivity index is 1.38. The highest BCUT2D eigenvalue weighted by atomic mass is 32.1. The van der Waals surface area contributed by atoms with Crippen LogP contribution in [-0.4, -0.2) is 4.57 Å². The Kier molecular flexibility index (Phi) is 4.43. The van der Waals surface area contributed by atoms with Crippen molar-refractivity contribution < 1.29 is 0 Å². The van der Waals surface area contributed by atoms with Crippen LogP contribution in [0.4, 0.5) is 0 Å². The summed E-state index contributed by atoms with van der Waals surface area (Å²) in [5.74, 6) is 0. The lowest BCUT2D eigenvalue weighted by molar-refractivity contribution is 1.19. The largest absolute Gasteiger partial charge is 0.309 e. The molecule has 0 unspecified atom stereocenters. The summed E-state index contributed by atoms with van der Waals surface area (Å²) < 4.78 is 7.76. The SMILES string of the molecule is c1ccc2c(c1)sc1cccc(-c3cccc4sc5ccc(-n6c7ccccc7c7ccccc76)cc5c34)c12. The van der Waals surface area contributed by atoms with Gasteiger partial charge in [-0.1, -0.05) is 78.9 Å². The van der Waals surface area contributed by atoms with Gasteiger partial charge in [0.2, 0.25) is 0 Å². The zero-order valence-corrected chi connectivity index (χ0v) is 22.5. The van der Waals surface area contributed by atoms with E-state index in [2.05, 4.69) is 132 Å². The van der Waals surface area contributed by atoms with Crippen LogP contribution in [0.3, 0.4) is 0 Å². The van der Waals surface area contributed by atoms with Gasteiger partial charge < -0.3 is 4.57 Å². The number of thiophene rings is 2. The summed E-state index contributed by atoms with van der Waals surface area (Å²) >= 11 is 3.77. The second-order valence-electron chi connectivity index (χ2n) is 10.1. The van der Waals surface area contributed by atoms with E-state index in [4.69, 9.17) is 0 Å². The smallest absolute Gasteiger partial charge is 0.0541 e. The number of benzene rings is 6. The van der Waals surface area contributed by atoms with Gasteiger partial charge in [0.05, 0.1) is 11.0 Å². The number of para-hydroxylation sites is 2. The molecule has 0 atom stereocenters. The van der Waals surface area contributed by atoms with Gasteiger partial charge in [-0.2, -0.15) is 0 Å². The van der Waals surface area contributed by atoms with Crippen LogP contribution in [0.15, 0.2) is 127 Å². The van der Waals surface area contributed by atoms with Gasteiger partial charge in [-0.25, -0.2) is 0 Å². The summed E-state index contributed by atoms with van der Waals surface area (Å²) in [6, 6.07) is 46.9. The molecular formula is C36H21NS2. The molecule has 0 aliphatic rings. The fourth-order valence-electron chi connectivity index (χ4n) is 6.38. The average Bonchev–Trinajstić information content (AvgIpc) is 3.66. The molecule has 0 aliphatic heterocycles. The highest BCUT2D eigenvalue weighted by Gasteiger charge is 2.17. The molecular weight excluding hydrogens is 511 g/mol. The first-order valence-electron chi connectivity index (χ1n) is 13.2. The predicted molar refractivity (Wildman–Crippen MR) is 172 cm³/mol. The quantitative estimate of drug-likeness (QED) is 0.209. The Bertz CT molecular complexity index is 2350. The summed E-state index contributed by atoms with van der Waals surface area (Å²) in [4.78, 5) is 0. The van der Waals surface area contributed by atoms with Gasteiger partial charge in [-0.3, -0.25) is 0 Å². The van der Waals surface area contributed by atoms with Gasteiger partial charge in [0.1, 0.15) is 0 Å². The van der Waals surface area contributed by atoms with Crippen molar-refractivity contribution in [1.29, 1.82) is 0 Å². The summed E-state index contributed by atoms with van der Waals surface area (Å²) in [5.41, 5.74) is 6.32. The van der Waals surface area contributed by atoms with E-state index < -0.39 is 0 Å². The number of aromatic nitrogens is 1. The minimum Gasteiger partial charge on any atom is -0.309 e. The van der Waals surface area contributed by atoms with Crippen molar-refractivity contribution in [3.05, 3.63) is 127 Å². The zero-order valence-electron chi connectivity index (χ0n) is 20.9. The summed E-state index contributed by atoms with van der Waals surface area (Å²) in [6.07, 6.45) is 0. The standard InChI is InChI=1S/C36H21NS2/c1-4-14-29-23(9-1)24-10-2-5-15-30(24)37(29)22-19-20-32-28(21-22)36-26(13-8-18-34(36)39-32)25-12-7-17-33-35(25)27-11-3-6-16-31(27)38-33/h1-21H. The second kappa shape index (κ2) is 8.03. The van der Waals surface area contributed by atoms with E-state index in [0.717, 1.165) is 0 Å². The summed E-state index contributed by atoms with van der Waals surface area (Å²) in [5, 5.41) is 7.96. The van der Waals surface area contributed by atoms with Crippen LogP contribution in [0.5, 0.6) is 0 Å². The molecule has 0 amide bonds. The molecule has 9 rings (SSSR count). The Hall–Kier alpha value is -4.44. The normalized spacial score (nSPS) is 12.1. The minimum atomic E-state index is 1.20. The van der Waals surface area contributed by atoms with E-state index in [1.54, 1.807) is 0 Å². The van der Waals surface area contributed by atoms with E-state index in [1.807, 2.05) is 22.7 Å². The monoisotopic (exact) mass is 531 g/mol. The van der Waals surface area contributed by atoms with Gasteiger partial charge in [0, 0.05) is 56.8 Å². The zero-order chi connectivity index (χ0) is 25.5. The van der Waals surface area contributed by atoms with E-state index in [1.165, 1.54) is 79.0 Å². The van der Waals surface area contributed by atoms with Gasteiger partial charge in [0.25, 0.3) is 0 Å². The molecule has 0 saturated heterocycles. The number of hydrogen-bond donors (Lipinski definition) is 0. The highest BCUT2D eigenvalue weighted by molar-refractivity contribution is 7.26. The van der Waals surface area contributed by atoms with Crippen LogP contribution in [0.2, 0.25) is 0 Å². The van der Waals surface area contributed by atoms with Crippen LogP contribution in [0.25, 0.3) is 79.0 Å². The van der Waals surface area contributed by atoms with Crippen LogP contribution in [0, 0.1) is 0 Å². The average molecular weight is 532 g/mol. The predicted octanol–water partition coefficient (Wildman–Crippen LogP) is 11.2. The van der Waals surface area contributed by atoms with E-state index in [-0.39, 0.29) is 0 Å². The van der Waals surface area contributed by atoms with E-state index in [0.29, 0.717) is 0 Å². The van der Waals surface area contributed by atoms with Crippen LogP contribution in [0.1, 0.15) is 0 Å². The summed E-state index contributed by atoms with van der Waals surface area (Å²) in [7, 11) is 0. The first-order chi connectivity index (χ1) is 19.3. The second-order valence-corrected chi connectivity index (χ2v) is 12.3. The molecule has 3 heterocycles. The maximum absolute atomic E-state index is 2.42. The molecule has 1 nitrogen and oxygen atoms in total. The van der Waals surface area contributed by atoms with Crippen molar-refractivity contribution in [3.8, 4) is 16.8 Å². The minimum absolute atomic E-state index is 1.20. The lowest BCUT2D eigenvalue weighted by atomic mass is 9.95. The maximum Gasteiger partial charge on any atom is 0.0541 e. The van der Waals surface area contributed by atoms with E-state index in [9.17, 15) is 0 Å². The number of hydrogen-bond acceptors (Lipinski definition) is 2. The third-order valence-electron chi connectivity index (χ3n) is 8.01. The number of fused-ring (bicyclic) bond motifs is 9. The molecule has 0 bridgehead atoms. The van der Waals surface area contributed by atoms with Gasteiger partial charge in [0.15, 0.2) is 0 Å². The van der Waals surface area contributed by atoms with Crippen LogP contribution >= 0.6 is 22.7 Å². The lowest BCUT2D eigenvalue weighted by Crippen LogP contribution is -1.93. The van der Waals surface area contributed by atoms with Crippen LogP contribution < -0.4 is 0 Å². The highest BCUT2D eigenvalue weighted by Crippen LogP contribution is 2.46. The Labute approximate surface area is 232 Å². The lowest BCUT2D eigenvalue weighted by Gasteiger charge is -2.10. The molecule has 0 N–H and O–H groups in total. The Morgan fingerprint density at radius 3 is 1.56 bits per heavy atom. The van der Waals surface area contributed by atoms with Crippen molar-refractivity contribution in [2.45, 2.75) is 0 Å². The fourth-order valence-corrected chi connectivity index (χ4v) is 8.62. The third-order valence-corrected chi connectivity index (χ3v) is 10.3.